The zero-order valence-electron chi connectivity index (χ0n) is 10.8. The molecule has 100 valence electrons. The van der Waals surface area contributed by atoms with E-state index in [9.17, 15) is 4.39 Å². The van der Waals surface area contributed by atoms with E-state index in [0.717, 1.165) is 24.2 Å². The highest BCUT2D eigenvalue weighted by Gasteiger charge is 2.01. The number of nitrogens with one attached hydrogen (secondary N) is 1. The van der Waals surface area contributed by atoms with Gasteiger partial charge in [-0.25, -0.2) is 4.39 Å². The van der Waals surface area contributed by atoms with E-state index < -0.39 is 0 Å². The van der Waals surface area contributed by atoms with E-state index in [1.165, 1.54) is 12.1 Å². The second-order valence-corrected chi connectivity index (χ2v) is 4.50. The number of anilines is 1. The molecule has 0 saturated heterocycles. The van der Waals surface area contributed by atoms with Gasteiger partial charge in [-0.05, 0) is 49.7 Å². The lowest BCUT2D eigenvalue weighted by Crippen LogP contribution is -2.19. The highest BCUT2D eigenvalue weighted by Crippen LogP contribution is 2.17. The number of benzene rings is 1. The average Bonchev–Trinajstić information content (AvgIpc) is 2.40. The monoisotopic (exact) mass is 260 g/mol. The molecule has 0 fully saturated rings. The lowest BCUT2D eigenvalue weighted by molar-refractivity contribution is 0.628. The zero-order valence-corrected chi connectivity index (χ0v) is 10.8. The van der Waals surface area contributed by atoms with Gasteiger partial charge < -0.3 is 11.1 Å². The quantitative estimate of drug-likeness (QED) is 0.866. The number of hydrogen-bond donors (Lipinski definition) is 2. The minimum atomic E-state index is -0.258. The SMILES string of the molecule is CC(N)CCNc1ccc(-c2ccc(F)cc2)nn1. The van der Waals surface area contributed by atoms with E-state index in [4.69, 9.17) is 5.73 Å². The lowest BCUT2D eigenvalue weighted by Gasteiger charge is -2.07. The average molecular weight is 260 g/mol. The molecule has 0 aliphatic rings. The molecule has 0 aliphatic carbocycles. The molecule has 0 amide bonds. The molecular formula is C14H17FN4. The van der Waals surface area contributed by atoms with Crippen molar-refractivity contribution in [2.45, 2.75) is 19.4 Å². The van der Waals surface area contributed by atoms with Crippen molar-refractivity contribution in [2.75, 3.05) is 11.9 Å². The van der Waals surface area contributed by atoms with Gasteiger partial charge in [-0.1, -0.05) is 0 Å². The van der Waals surface area contributed by atoms with Gasteiger partial charge in [0.15, 0.2) is 0 Å². The van der Waals surface area contributed by atoms with Gasteiger partial charge in [0.05, 0.1) is 5.69 Å². The van der Waals surface area contributed by atoms with Crippen LogP contribution in [-0.4, -0.2) is 22.8 Å². The summed E-state index contributed by atoms with van der Waals surface area (Å²) >= 11 is 0. The van der Waals surface area contributed by atoms with Gasteiger partial charge in [0.2, 0.25) is 0 Å². The van der Waals surface area contributed by atoms with Gasteiger partial charge in [-0.3, -0.25) is 0 Å². The number of aromatic nitrogens is 2. The molecule has 0 saturated carbocycles. The Bertz CT molecular complexity index is 508. The topological polar surface area (TPSA) is 63.8 Å². The number of rotatable bonds is 5. The summed E-state index contributed by atoms with van der Waals surface area (Å²) in [5.41, 5.74) is 7.23. The van der Waals surface area contributed by atoms with E-state index in [-0.39, 0.29) is 11.9 Å². The molecule has 1 heterocycles. The summed E-state index contributed by atoms with van der Waals surface area (Å²) in [4.78, 5) is 0. The third-order valence-corrected chi connectivity index (χ3v) is 2.71. The highest BCUT2D eigenvalue weighted by molar-refractivity contribution is 5.59. The fourth-order valence-corrected chi connectivity index (χ4v) is 1.63. The van der Waals surface area contributed by atoms with Crippen molar-refractivity contribution in [3.63, 3.8) is 0 Å². The minimum Gasteiger partial charge on any atom is -0.369 e. The van der Waals surface area contributed by atoms with Crippen molar-refractivity contribution in [2.24, 2.45) is 5.73 Å². The normalized spacial score (nSPS) is 12.2. The summed E-state index contributed by atoms with van der Waals surface area (Å²) in [6.45, 7) is 2.73. The van der Waals surface area contributed by atoms with Crippen LogP contribution < -0.4 is 11.1 Å². The highest BCUT2D eigenvalue weighted by atomic mass is 19.1. The van der Waals surface area contributed by atoms with Crippen LogP contribution in [0, 0.1) is 5.82 Å². The van der Waals surface area contributed by atoms with Gasteiger partial charge in [-0.2, -0.15) is 0 Å². The molecule has 2 rings (SSSR count). The van der Waals surface area contributed by atoms with Crippen LogP contribution in [0.15, 0.2) is 36.4 Å². The molecule has 19 heavy (non-hydrogen) atoms. The minimum absolute atomic E-state index is 0.166. The molecule has 0 aliphatic heterocycles. The first-order valence-corrected chi connectivity index (χ1v) is 6.24. The Balaban J connectivity index is 2.00. The van der Waals surface area contributed by atoms with Crippen LogP contribution >= 0.6 is 0 Å². The largest absolute Gasteiger partial charge is 0.369 e. The Morgan fingerprint density at radius 2 is 1.89 bits per heavy atom. The van der Waals surface area contributed by atoms with Crippen molar-refractivity contribution in [3.05, 3.63) is 42.2 Å². The first kappa shape index (κ1) is 13.4. The fraction of sp³-hybridized carbons (Fsp3) is 0.286. The van der Waals surface area contributed by atoms with Crippen LogP contribution in [0.3, 0.4) is 0 Å². The fourth-order valence-electron chi connectivity index (χ4n) is 1.63. The molecule has 1 atom stereocenters. The van der Waals surface area contributed by atoms with E-state index >= 15 is 0 Å². The molecule has 0 radical (unpaired) electrons. The summed E-state index contributed by atoms with van der Waals surface area (Å²) in [5.74, 6) is 0.456. The Labute approximate surface area is 111 Å². The summed E-state index contributed by atoms with van der Waals surface area (Å²) in [6.07, 6.45) is 0.876. The molecule has 1 unspecified atom stereocenters. The lowest BCUT2D eigenvalue weighted by atomic mass is 10.1. The first-order chi connectivity index (χ1) is 9.15. The van der Waals surface area contributed by atoms with Crippen molar-refractivity contribution < 1.29 is 4.39 Å². The Kier molecular flexibility index (Phi) is 4.41. The van der Waals surface area contributed by atoms with Crippen molar-refractivity contribution >= 4 is 5.82 Å². The third kappa shape index (κ3) is 3.99. The Hall–Kier alpha value is -2.01. The molecular weight excluding hydrogens is 243 g/mol. The molecule has 1 aromatic heterocycles. The van der Waals surface area contributed by atoms with E-state index in [0.29, 0.717) is 5.82 Å². The van der Waals surface area contributed by atoms with Crippen LogP contribution in [0.4, 0.5) is 10.2 Å². The predicted molar refractivity (Wildman–Crippen MR) is 74.2 cm³/mol. The van der Waals surface area contributed by atoms with E-state index in [1.807, 2.05) is 19.1 Å². The standard InChI is InChI=1S/C14H17FN4/c1-10(16)8-9-17-14-7-6-13(18-19-14)11-2-4-12(15)5-3-11/h2-7,10H,8-9,16H2,1H3,(H,17,19). The smallest absolute Gasteiger partial charge is 0.148 e. The molecule has 1 aromatic carbocycles. The van der Waals surface area contributed by atoms with Crippen molar-refractivity contribution in [1.29, 1.82) is 0 Å². The maximum absolute atomic E-state index is 12.8. The Morgan fingerprint density at radius 1 is 1.16 bits per heavy atom. The molecule has 2 aromatic rings. The van der Waals surface area contributed by atoms with Crippen molar-refractivity contribution in [1.82, 2.24) is 10.2 Å². The first-order valence-electron chi connectivity index (χ1n) is 6.24. The number of nitrogens with two attached hydrogens (primary N) is 1. The number of nitrogens with zero attached hydrogens (tertiary/aromatic N) is 2. The van der Waals surface area contributed by atoms with Crippen LogP contribution in [0.1, 0.15) is 13.3 Å². The predicted octanol–water partition coefficient (Wildman–Crippen LogP) is 2.43. The van der Waals surface area contributed by atoms with Crippen molar-refractivity contribution in [3.8, 4) is 11.3 Å². The van der Waals surface area contributed by atoms with E-state index in [1.54, 1.807) is 12.1 Å². The second kappa shape index (κ2) is 6.24. The maximum Gasteiger partial charge on any atom is 0.148 e. The third-order valence-electron chi connectivity index (χ3n) is 2.71. The number of hydrogen-bond acceptors (Lipinski definition) is 4. The van der Waals surface area contributed by atoms with Crippen LogP contribution in [-0.2, 0) is 0 Å². The molecule has 5 heteroatoms. The summed E-state index contributed by atoms with van der Waals surface area (Å²) < 4.78 is 12.8. The van der Waals surface area contributed by atoms with Gasteiger partial charge in [0.1, 0.15) is 11.6 Å². The molecule has 0 bridgehead atoms. The summed E-state index contributed by atoms with van der Waals surface area (Å²) in [6, 6.07) is 10.1. The zero-order chi connectivity index (χ0) is 13.7. The maximum atomic E-state index is 12.8. The van der Waals surface area contributed by atoms with Gasteiger partial charge >= 0.3 is 0 Å². The van der Waals surface area contributed by atoms with Crippen LogP contribution in [0.2, 0.25) is 0 Å². The Morgan fingerprint density at radius 3 is 2.47 bits per heavy atom. The summed E-state index contributed by atoms with van der Waals surface area (Å²) in [5, 5.41) is 11.3. The van der Waals surface area contributed by atoms with Crippen LogP contribution in [0.25, 0.3) is 11.3 Å². The summed E-state index contributed by atoms with van der Waals surface area (Å²) in [7, 11) is 0. The molecule has 0 spiro atoms. The molecule has 4 nitrogen and oxygen atoms in total. The number of halogens is 1. The second-order valence-electron chi connectivity index (χ2n) is 4.50. The van der Waals surface area contributed by atoms with Crippen LogP contribution in [0.5, 0.6) is 0 Å². The van der Waals surface area contributed by atoms with E-state index in [2.05, 4.69) is 15.5 Å². The van der Waals surface area contributed by atoms with Gasteiger partial charge in [-0.15, -0.1) is 10.2 Å². The van der Waals surface area contributed by atoms with Gasteiger partial charge in [0, 0.05) is 18.2 Å². The molecule has 3 N–H and O–H groups in total. The van der Waals surface area contributed by atoms with Gasteiger partial charge in [0.25, 0.3) is 0 Å².